The van der Waals surface area contributed by atoms with Gasteiger partial charge in [-0.05, 0) is 35.3 Å². The Kier molecular flexibility index (Phi) is 4.02. The predicted octanol–water partition coefficient (Wildman–Crippen LogP) is 3.99. The first-order valence-corrected chi connectivity index (χ1v) is 8.89. The highest BCUT2D eigenvalue weighted by atomic mass is 32.1. The Balaban J connectivity index is 1.47. The number of anilines is 1. The maximum atomic E-state index is 12.4. The highest BCUT2D eigenvalue weighted by Crippen LogP contribution is 2.23. The molecule has 2 aromatic heterocycles. The quantitative estimate of drug-likeness (QED) is 0.603. The third-order valence-corrected chi connectivity index (χ3v) is 5.10. The number of amides is 1. The van der Waals surface area contributed by atoms with Crippen LogP contribution in [0.5, 0.6) is 0 Å². The van der Waals surface area contributed by atoms with Crippen LogP contribution in [0.3, 0.4) is 0 Å². The summed E-state index contributed by atoms with van der Waals surface area (Å²) in [6, 6.07) is 15.5. The van der Waals surface area contributed by atoms with Gasteiger partial charge in [0.25, 0.3) is 5.91 Å². The van der Waals surface area contributed by atoms with Crippen LogP contribution in [0.2, 0.25) is 0 Å². The average molecular weight is 352 g/mol. The molecule has 0 aliphatic carbocycles. The summed E-state index contributed by atoms with van der Waals surface area (Å²) in [4.78, 5) is 17.8. The molecule has 7 heteroatoms. The second-order valence-corrected chi connectivity index (χ2v) is 7.10. The van der Waals surface area contributed by atoms with E-state index in [0.717, 1.165) is 21.5 Å². The summed E-state index contributed by atoms with van der Waals surface area (Å²) in [7, 11) is 0. The first kappa shape index (κ1) is 14.9. The lowest BCUT2D eigenvalue weighted by molar-refractivity contribution is 0.102. The lowest BCUT2D eigenvalue weighted by atomic mass is 10.1. The van der Waals surface area contributed by atoms with Crippen molar-refractivity contribution in [1.29, 1.82) is 0 Å². The van der Waals surface area contributed by atoms with Crippen LogP contribution in [-0.2, 0) is 6.42 Å². The van der Waals surface area contributed by atoms with Gasteiger partial charge in [-0.2, -0.15) is 0 Å². The fourth-order valence-corrected chi connectivity index (χ4v) is 3.77. The molecule has 4 rings (SSSR count). The minimum absolute atomic E-state index is 0.175. The van der Waals surface area contributed by atoms with Crippen molar-refractivity contribution in [2.75, 3.05) is 5.32 Å². The number of nitrogens with zero attached hydrogens (tertiary/aromatic N) is 3. The zero-order valence-corrected chi connectivity index (χ0v) is 14.1. The lowest BCUT2D eigenvalue weighted by Crippen LogP contribution is -2.11. The number of benzene rings is 2. The second-order valence-electron chi connectivity index (χ2n) is 5.20. The van der Waals surface area contributed by atoms with E-state index >= 15 is 0 Å². The molecule has 0 radical (unpaired) electrons. The van der Waals surface area contributed by atoms with Crippen LogP contribution in [-0.4, -0.2) is 20.5 Å². The Hall–Kier alpha value is -2.64. The van der Waals surface area contributed by atoms with Crippen LogP contribution in [0.25, 0.3) is 10.2 Å². The van der Waals surface area contributed by atoms with Crippen molar-refractivity contribution in [3.05, 3.63) is 70.7 Å². The first-order chi connectivity index (χ1) is 11.8. The molecule has 24 heavy (non-hydrogen) atoms. The van der Waals surface area contributed by atoms with Crippen molar-refractivity contribution in [1.82, 2.24) is 14.6 Å². The molecule has 4 aromatic rings. The molecule has 2 aromatic carbocycles. The van der Waals surface area contributed by atoms with Crippen molar-refractivity contribution in [3.63, 3.8) is 0 Å². The number of aromatic nitrogens is 3. The van der Waals surface area contributed by atoms with E-state index in [0.29, 0.717) is 10.7 Å². The highest BCUT2D eigenvalue weighted by molar-refractivity contribution is 7.15. The van der Waals surface area contributed by atoms with E-state index in [2.05, 4.69) is 32.0 Å². The van der Waals surface area contributed by atoms with Gasteiger partial charge in [0.2, 0.25) is 0 Å². The summed E-state index contributed by atoms with van der Waals surface area (Å²) in [6.45, 7) is 0. The zero-order valence-electron chi connectivity index (χ0n) is 12.5. The van der Waals surface area contributed by atoms with Gasteiger partial charge in [0.15, 0.2) is 5.13 Å². The number of fused-ring (bicyclic) bond motifs is 1. The Morgan fingerprint density at radius 2 is 2.00 bits per heavy atom. The number of rotatable bonds is 4. The Morgan fingerprint density at radius 3 is 2.88 bits per heavy atom. The van der Waals surface area contributed by atoms with Gasteiger partial charge in [-0.1, -0.05) is 34.8 Å². The molecule has 0 aliphatic heterocycles. The standard InChI is InChI=1S/C17H12N4OS2/c22-16(12-6-7-14-15(9-12)24-21-20-14)19-17-18-10-13(23-17)8-11-4-2-1-3-5-11/h1-7,9-10H,8H2,(H,18,19,22). The van der Waals surface area contributed by atoms with E-state index in [4.69, 9.17) is 0 Å². The third kappa shape index (κ3) is 3.17. The van der Waals surface area contributed by atoms with Crippen LogP contribution in [0.4, 0.5) is 5.13 Å². The highest BCUT2D eigenvalue weighted by Gasteiger charge is 2.11. The van der Waals surface area contributed by atoms with Crippen molar-refractivity contribution in [2.24, 2.45) is 0 Å². The van der Waals surface area contributed by atoms with E-state index < -0.39 is 0 Å². The smallest absolute Gasteiger partial charge is 0.257 e. The van der Waals surface area contributed by atoms with Crippen LogP contribution >= 0.6 is 22.9 Å². The minimum Gasteiger partial charge on any atom is -0.298 e. The van der Waals surface area contributed by atoms with E-state index in [-0.39, 0.29) is 5.91 Å². The number of nitrogens with one attached hydrogen (secondary N) is 1. The second kappa shape index (κ2) is 6.46. The van der Waals surface area contributed by atoms with Gasteiger partial charge in [-0.15, -0.1) is 16.4 Å². The molecule has 0 spiro atoms. The summed E-state index contributed by atoms with van der Waals surface area (Å²) in [6.07, 6.45) is 2.62. The number of carbonyl (C=O) groups is 1. The lowest BCUT2D eigenvalue weighted by Gasteiger charge is -2.01. The summed E-state index contributed by atoms with van der Waals surface area (Å²) in [5.41, 5.74) is 2.60. The molecule has 0 aliphatic rings. The molecule has 0 fully saturated rings. The van der Waals surface area contributed by atoms with Gasteiger partial charge in [0.05, 0.1) is 4.70 Å². The van der Waals surface area contributed by atoms with E-state index in [1.807, 2.05) is 24.4 Å². The van der Waals surface area contributed by atoms with Gasteiger partial charge in [0, 0.05) is 23.1 Å². The molecule has 0 saturated carbocycles. The van der Waals surface area contributed by atoms with Gasteiger partial charge in [-0.25, -0.2) is 4.98 Å². The van der Waals surface area contributed by atoms with Crippen molar-refractivity contribution in [3.8, 4) is 0 Å². The topological polar surface area (TPSA) is 67.8 Å². The molecule has 0 unspecified atom stereocenters. The fraction of sp³-hybridized carbons (Fsp3) is 0.0588. The number of hydrogen-bond acceptors (Lipinski definition) is 6. The van der Waals surface area contributed by atoms with E-state index in [9.17, 15) is 4.79 Å². The third-order valence-electron chi connectivity index (χ3n) is 3.50. The van der Waals surface area contributed by atoms with Crippen LogP contribution in [0.1, 0.15) is 20.8 Å². The first-order valence-electron chi connectivity index (χ1n) is 7.30. The van der Waals surface area contributed by atoms with Gasteiger partial charge in [0.1, 0.15) is 5.52 Å². The molecule has 1 amide bonds. The summed E-state index contributed by atoms with van der Waals surface area (Å²) in [5.74, 6) is -0.175. The SMILES string of the molecule is O=C(Nc1ncc(Cc2ccccc2)s1)c1ccc2nnsc2c1. The number of carbonyl (C=O) groups excluding carboxylic acids is 1. The number of hydrogen-bond donors (Lipinski definition) is 1. The maximum Gasteiger partial charge on any atom is 0.257 e. The zero-order chi connectivity index (χ0) is 16.4. The molecule has 0 saturated heterocycles. The predicted molar refractivity (Wildman–Crippen MR) is 96.7 cm³/mol. The van der Waals surface area contributed by atoms with Crippen molar-refractivity contribution >= 4 is 44.1 Å². The molecular formula is C17H12N4OS2. The summed E-state index contributed by atoms with van der Waals surface area (Å²) >= 11 is 2.77. The van der Waals surface area contributed by atoms with Gasteiger partial charge in [-0.3, -0.25) is 10.1 Å². The Morgan fingerprint density at radius 1 is 1.12 bits per heavy atom. The molecule has 0 bridgehead atoms. The monoisotopic (exact) mass is 352 g/mol. The van der Waals surface area contributed by atoms with Gasteiger partial charge >= 0.3 is 0 Å². The van der Waals surface area contributed by atoms with Crippen LogP contribution in [0.15, 0.2) is 54.7 Å². The summed E-state index contributed by atoms with van der Waals surface area (Å²) in [5, 5.41) is 7.43. The van der Waals surface area contributed by atoms with E-state index in [1.54, 1.807) is 18.2 Å². The molecular weight excluding hydrogens is 340 g/mol. The van der Waals surface area contributed by atoms with Crippen molar-refractivity contribution in [2.45, 2.75) is 6.42 Å². The fourth-order valence-electron chi connectivity index (χ4n) is 2.33. The molecule has 5 nitrogen and oxygen atoms in total. The molecule has 1 N–H and O–H groups in total. The minimum atomic E-state index is -0.175. The Bertz CT molecular complexity index is 994. The Labute approximate surface area is 146 Å². The summed E-state index contributed by atoms with van der Waals surface area (Å²) < 4.78 is 4.77. The normalized spacial score (nSPS) is 10.8. The van der Waals surface area contributed by atoms with Gasteiger partial charge < -0.3 is 0 Å². The molecule has 118 valence electrons. The largest absolute Gasteiger partial charge is 0.298 e. The van der Waals surface area contributed by atoms with Crippen LogP contribution < -0.4 is 5.32 Å². The molecule has 0 atom stereocenters. The average Bonchev–Trinajstić information content (AvgIpc) is 3.24. The van der Waals surface area contributed by atoms with E-state index in [1.165, 1.54) is 28.4 Å². The maximum absolute atomic E-state index is 12.4. The number of thiazole rings is 1. The van der Waals surface area contributed by atoms with Crippen LogP contribution in [0, 0.1) is 0 Å². The van der Waals surface area contributed by atoms with Crippen molar-refractivity contribution < 1.29 is 4.79 Å². The molecule has 2 heterocycles.